The summed E-state index contributed by atoms with van der Waals surface area (Å²) in [5.74, 6) is 0.346. The molecule has 2 fully saturated rings. The van der Waals surface area contributed by atoms with E-state index in [9.17, 15) is 4.79 Å². The molecule has 1 aromatic rings. The van der Waals surface area contributed by atoms with Gasteiger partial charge in [-0.05, 0) is 32.2 Å². The number of carbonyl (C=O) groups is 1. The van der Waals surface area contributed by atoms with E-state index in [1.165, 1.54) is 25.7 Å². The average Bonchev–Trinajstić information content (AvgIpc) is 3.17. The Morgan fingerprint density at radius 3 is 2.62 bits per heavy atom. The van der Waals surface area contributed by atoms with Crippen LogP contribution in [0.4, 0.5) is 0 Å². The van der Waals surface area contributed by atoms with E-state index in [0.29, 0.717) is 18.2 Å². The van der Waals surface area contributed by atoms with Crippen LogP contribution in [0, 0.1) is 0 Å². The molecule has 3 rings (SSSR count). The first kappa shape index (κ1) is 15.1. The Morgan fingerprint density at radius 2 is 2.00 bits per heavy atom. The van der Waals surface area contributed by atoms with Crippen molar-refractivity contribution in [3.05, 3.63) is 10.0 Å². The van der Waals surface area contributed by atoms with Crippen LogP contribution in [0.2, 0.25) is 0 Å². The number of nitrogens with zero attached hydrogens (tertiary/aromatic N) is 3. The van der Waals surface area contributed by atoms with E-state index in [4.69, 9.17) is 0 Å². The van der Waals surface area contributed by atoms with E-state index in [-0.39, 0.29) is 11.5 Å². The molecule has 4 nitrogen and oxygen atoms in total. The summed E-state index contributed by atoms with van der Waals surface area (Å²) in [6.07, 6.45) is 6.46. The Hall–Kier alpha value is -0.810. The highest BCUT2D eigenvalue weighted by atomic mass is 32.1. The first-order valence-corrected chi connectivity index (χ1v) is 8.88. The fraction of sp³-hybridized carbons (Fsp3) is 0.812. The molecule has 1 saturated carbocycles. The minimum atomic E-state index is 0.0177. The zero-order valence-electron chi connectivity index (χ0n) is 13.3. The number of rotatable bonds is 4. The number of carbonyl (C=O) groups excluding carboxylic acids is 1. The molecule has 1 aliphatic heterocycles. The van der Waals surface area contributed by atoms with Gasteiger partial charge in [-0.3, -0.25) is 9.69 Å². The zero-order valence-corrected chi connectivity index (χ0v) is 14.1. The lowest BCUT2D eigenvalue weighted by Gasteiger charge is -2.34. The van der Waals surface area contributed by atoms with Gasteiger partial charge in [0.15, 0.2) is 5.78 Å². The third-order valence-electron chi connectivity index (χ3n) is 4.37. The van der Waals surface area contributed by atoms with Gasteiger partial charge in [0.05, 0.1) is 12.5 Å². The molecule has 116 valence electrons. The van der Waals surface area contributed by atoms with Crippen molar-refractivity contribution >= 4 is 17.1 Å². The van der Waals surface area contributed by atoms with Crippen molar-refractivity contribution in [2.75, 3.05) is 6.54 Å². The minimum absolute atomic E-state index is 0.0177. The Balaban J connectivity index is 1.66. The Bertz CT molecular complexity index is 516. The molecule has 1 aliphatic carbocycles. The number of aromatic nitrogens is 2. The fourth-order valence-corrected chi connectivity index (χ4v) is 3.94. The summed E-state index contributed by atoms with van der Waals surface area (Å²) in [7, 11) is 0. The normalized spacial score (nSPS) is 24.2. The van der Waals surface area contributed by atoms with Crippen molar-refractivity contribution < 1.29 is 4.79 Å². The maximum atomic E-state index is 12.7. The topological polar surface area (TPSA) is 46.1 Å². The van der Waals surface area contributed by atoms with Crippen LogP contribution in [0.5, 0.6) is 0 Å². The summed E-state index contributed by atoms with van der Waals surface area (Å²) < 4.78 is 0. The van der Waals surface area contributed by atoms with Crippen molar-refractivity contribution in [3.63, 3.8) is 0 Å². The molecule has 2 aliphatic rings. The van der Waals surface area contributed by atoms with E-state index >= 15 is 0 Å². The summed E-state index contributed by atoms with van der Waals surface area (Å²) in [6.45, 7) is 7.50. The molecule has 1 atom stereocenters. The summed E-state index contributed by atoms with van der Waals surface area (Å²) >= 11 is 1.60. The van der Waals surface area contributed by atoms with Crippen molar-refractivity contribution in [1.29, 1.82) is 0 Å². The second-order valence-corrected chi connectivity index (χ2v) is 8.44. The van der Waals surface area contributed by atoms with E-state index in [1.54, 1.807) is 11.3 Å². The smallest absolute Gasteiger partial charge is 0.156 e. The molecule has 1 aromatic heterocycles. The minimum Gasteiger partial charge on any atom is -0.297 e. The number of Topliss-reactive ketones (excluding diaryl/α,β-unsaturated/α-hetero) is 1. The molecular weight excluding hydrogens is 282 g/mol. The van der Waals surface area contributed by atoms with Gasteiger partial charge in [0.25, 0.3) is 0 Å². The maximum absolute atomic E-state index is 12.7. The number of likely N-dealkylation sites (tertiary alicyclic amines) is 1. The molecule has 0 bridgehead atoms. The molecule has 1 saturated heterocycles. The lowest BCUT2D eigenvalue weighted by atomic mass is 9.97. The van der Waals surface area contributed by atoms with E-state index in [1.807, 2.05) is 0 Å². The SMILES string of the molecule is CC(C)(C)c1nnc(CC(=O)[C@@H]2CCCCN2C2CC2)s1. The number of ketones is 1. The zero-order chi connectivity index (χ0) is 15.0. The van der Waals surface area contributed by atoms with Crippen molar-refractivity contribution in [3.8, 4) is 0 Å². The quantitative estimate of drug-likeness (QED) is 0.858. The van der Waals surface area contributed by atoms with E-state index in [0.717, 1.165) is 23.0 Å². The second kappa shape index (κ2) is 5.76. The summed E-state index contributed by atoms with van der Waals surface area (Å²) in [5.41, 5.74) is 0.0177. The summed E-state index contributed by atoms with van der Waals surface area (Å²) in [4.78, 5) is 15.1. The summed E-state index contributed by atoms with van der Waals surface area (Å²) in [6, 6.07) is 0.812. The molecular formula is C16H25N3OS. The van der Waals surface area contributed by atoms with Crippen molar-refractivity contribution in [1.82, 2.24) is 15.1 Å². The highest BCUT2D eigenvalue weighted by Crippen LogP contribution is 2.33. The van der Waals surface area contributed by atoms with Gasteiger partial charge in [-0.25, -0.2) is 0 Å². The number of piperidine rings is 1. The van der Waals surface area contributed by atoms with Crippen LogP contribution in [0.25, 0.3) is 0 Å². The van der Waals surface area contributed by atoms with Crippen molar-refractivity contribution in [2.45, 2.75) is 76.8 Å². The van der Waals surface area contributed by atoms with Gasteiger partial charge in [0, 0.05) is 11.5 Å². The summed E-state index contributed by atoms with van der Waals surface area (Å²) in [5, 5.41) is 10.4. The highest BCUT2D eigenvalue weighted by Gasteiger charge is 2.38. The average molecular weight is 307 g/mol. The third kappa shape index (κ3) is 3.51. The molecule has 0 aromatic carbocycles. The predicted octanol–water partition coefficient (Wildman–Crippen LogP) is 2.96. The van der Waals surface area contributed by atoms with Crippen LogP contribution in [0.1, 0.15) is 62.9 Å². The van der Waals surface area contributed by atoms with Gasteiger partial charge >= 0.3 is 0 Å². The van der Waals surface area contributed by atoms with Crippen LogP contribution in [-0.4, -0.2) is 39.5 Å². The van der Waals surface area contributed by atoms with E-state index < -0.39 is 0 Å². The molecule has 0 radical (unpaired) electrons. The van der Waals surface area contributed by atoms with Crippen LogP contribution in [-0.2, 0) is 16.6 Å². The predicted molar refractivity (Wildman–Crippen MR) is 84.7 cm³/mol. The third-order valence-corrected chi connectivity index (χ3v) is 5.71. The lowest BCUT2D eigenvalue weighted by molar-refractivity contribution is -0.125. The van der Waals surface area contributed by atoms with Gasteiger partial charge in [-0.2, -0.15) is 0 Å². The highest BCUT2D eigenvalue weighted by molar-refractivity contribution is 7.11. The van der Waals surface area contributed by atoms with Gasteiger partial charge in [-0.1, -0.05) is 27.2 Å². The lowest BCUT2D eigenvalue weighted by Crippen LogP contribution is -2.46. The van der Waals surface area contributed by atoms with Crippen LogP contribution >= 0.6 is 11.3 Å². The van der Waals surface area contributed by atoms with Gasteiger partial charge in [0.2, 0.25) is 0 Å². The van der Waals surface area contributed by atoms with Crippen LogP contribution < -0.4 is 0 Å². The molecule has 0 unspecified atom stereocenters. The maximum Gasteiger partial charge on any atom is 0.156 e. The van der Waals surface area contributed by atoms with Gasteiger partial charge in [-0.15, -0.1) is 21.5 Å². The molecule has 0 amide bonds. The molecule has 5 heteroatoms. The second-order valence-electron chi connectivity index (χ2n) is 7.37. The Morgan fingerprint density at radius 1 is 1.24 bits per heavy atom. The van der Waals surface area contributed by atoms with Crippen molar-refractivity contribution in [2.24, 2.45) is 0 Å². The Labute approximate surface area is 130 Å². The monoisotopic (exact) mass is 307 g/mol. The molecule has 2 heterocycles. The first-order chi connectivity index (χ1) is 9.95. The molecule has 0 spiro atoms. The number of hydrogen-bond donors (Lipinski definition) is 0. The van der Waals surface area contributed by atoms with Crippen LogP contribution in [0.15, 0.2) is 0 Å². The Kier molecular flexibility index (Phi) is 4.14. The largest absolute Gasteiger partial charge is 0.297 e. The van der Waals surface area contributed by atoms with Crippen LogP contribution in [0.3, 0.4) is 0 Å². The standard InChI is InChI=1S/C16H25N3OS/c1-16(2,3)15-18-17-14(21-15)10-13(20)12-6-4-5-9-19(12)11-7-8-11/h11-12H,4-10H2,1-3H3/t12-/m0/s1. The van der Waals surface area contributed by atoms with Gasteiger partial charge in [0.1, 0.15) is 10.0 Å². The fourth-order valence-electron chi connectivity index (χ4n) is 3.04. The molecule has 0 N–H and O–H groups in total. The molecule has 21 heavy (non-hydrogen) atoms. The first-order valence-electron chi connectivity index (χ1n) is 8.06. The van der Waals surface area contributed by atoms with E-state index in [2.05, 4.69) is 35.9 Å². The number of hydrogen-bond acceptors (Lipinski definition) is 5. The van der Waals surface area contributed by atoms with Gasteiger partial charge < -0.3 is 0 Å².